The summed E-state index contributed by atoms with van der Waals surface area (Å²) >= 11 is 0. The second-order valence-corrected chi connectivity index (χ2v) is 7.47. The molecule has 2 N–H and O–H groups in total. The second kappa shape index (κ2) is 7.28. The average molecular weight is 415 g/mol. The molecule has 3 aromatic rings. The summed E-state index contributed by atoms with van der Waals surface area (Å²) in [6, 6.07) is 6.11. The van der Waals surface area contributed by atoms with E-state index in [1.165, 1.54) is 11.1 Å². The number of hydrogen-bond donors (Lipinski definition) is 2. The average Bonchev–Trinajstić information content (AvgIpc) is 3.11. The first-order chi connectivity index (χ1) is 15.0. The molecule has 154 valence electrons. The van der Waals surface area contributed by atoms with Crippen LogP contribution in [0.15, 0.2) is 49.1 Å². The first-order valence-corrected chi connectivity index (χ1v) is 9.78. The Morgan fingerprint density at radius 3 is 2.77 bits per heavy atom. The van der Waals surface area contributed by atoms with Gasteiger partial charge in [-0.15, -0.1) is 0 Å². The fourth-order valence-electron chi connectivity index (χ4n) is 4.09. The number of carbonyl (C=O) groups excluding carboxylic acids is 4. The Morgan fingerprint density at radius 2 is 1.94 bits per heavy atom. The molecule has 1 fully saturated rings. The van der Waals surface area contributed by atoms with Crippen LogP contribution >= 0.6 is 0 Å². The molecule has 1 saturated heterocycles. The highest BCUT2D eigenvalue weighted by Gasteiger charge is 2.40. The summed E-state index contributed by atoms with van der Waals surface area (Å²) in [4.78, 5) is 59.3. The van der Waals surface area contributed by atoms with Gasteiger partial charge in [-0.3, -0.25) is 34.5 Å². The summed E-state index contributed by atoms with van der Waals surface area (Å²) in [5.74, 6) is -1.46. The van der Waals surface area contributed by atoms with Gasteiger partial charge < -0.3 is 10.2 Å². The third-order valence-electron chi connectivity index (χ3n) is 5.63. The molecule has 2 aliphatic heterocycles. The molecule has 2 aliphatic rings. The van der Waals surface area contributed by atoms with Crippen LogP contribution in [0.4, 0.5) is 5.69 Å². The zero-order valence-electron chi connectivity index (χ0n) is 16.3. The lowest BCUT2D eigenvalue weighted by Gasteiger charge is -2.29. The van der Waals surface area contributed by atoms with Crippen LogP contribution in [0.25, 0.3) is 10.8 Å². The van der Waals surface area contributed by atoms with Crippen molar-refractivity contribution in [2.75, 3.05) is 5.32 Å². The number of benzene rings is 1. The van der Waals surface area contributed by atoms with Crippen LogP contribution in [0.3, 0.4) is 0 Å². The van der Waals surface area contributed by atoms with Crippen LogP contribution in [0.2, 0.25) is 0 Å². The molecule has 4 amide bonds. The molecule has 0 saturated carbocycles. The van der Waals surface area contributed by atoms with E-state index in [1.54, 1.807) is 42.9 Å². The van der Waals surface area contributed by atoms with Gasteiger partial charge in [-0.2, -0.15) is 0 Å². The zero-order valence-corrected chi connectivity index (χ0v) is 16.3. The first-order valence-electron chi connectivity index (χ1n) is 9.78. The van der Waals surface area contributed by atoms with Crippen molar-refractivity contribution in [1.82, 2.24) is 20.2 Å². The van der Waals surface area contributed by atoms with Gasteiger partial charge in [0.1, 0.15) is 6.04 Å². The van der Waals surface area contributed by atoms with Crippen molar-refractivity contribution in [3.8, 4) is 0 Å². The van der Waals surface area contributed by atoms with Crippen molar-refractivity contribution >= 4 is 40.1 Å². The monoisotopic (exact) mass is 415 g/mol. The van der Waals surface area contributed by atoms with Crippen LogP contribution in [-0.2, 0) is 16.1 Å². The normalized spacial score (nSPS) is 18.1. The van der Waals surface area contributed by atoms with Crippen LogP contribution in [0.1, 0.15) is 39.1 Å². The predicted molar refractivity (Wildman–Crippen MR) is 110 cm³/mol. The van der Waals surface area contributed by atoms with Crippen molar-refractivity contribution in [2.45, 2.75) is 25.4 Å². The molecule has 31 heavy (non-hydrogen) atoms. The molecule has 0 bridgehead atoms. The number of rotatable bonds is 3. The minimum atomic E-state index is -0.712. The molecule has 1 unspecified atom stereocenters. The number of fused-ring (bicyclic) bond motifs is 2. The fraction of sp³-hybridized carbons (Fsp3) is 0.182. The van der Waals surface area contributed by atoms with Crippen LogP contribution in [-0.4, -0.2) is 44.5 Å². The van der Waals surface area contributed by atoms with E-state index in [0.29, 0.717) is 22.4 Å². The van der Waals surface area contributed by atoms with Gasteiger partial charge in [0, 0.05) is 65.3 Å². The number of carbonyl (C=O) groups is 4. The molecule has 4 heterocycles. The zero-order chi connectivity index (χ0) is 21.5. The van der Waals surface area contributed by atoms with E-state index in [4.69, 9.17) is 0 Å². The Hall–Kier alpha value is -4.14. The third kappa shape index (κ3) is 3.20. The lowest BCUT2D eigenvalue weighted by molar-refractivity contribution is -0.136. The summed E-state index contributed by atoms with van der Waals surface area (Å²) < 4.78 is 0. The fourth-order valence-corrected chi connectivity index (χ4v) is 4.09. The molecule has 1 atom stereocenters. The highest BCUT2D eigenvalue weighted by Crippen LogP contribution is 2.32. The molecule has 9 heteroatoms. The molecule has 5 rings (SSSR count). The summed E-state index contributed by atoms with van der Waals surface area (Å²) in [5.41, 5.74) is 1.96. The van der Waals surface area contributed by atoms with Gasteiger partial charge in [0.15, 0.2) is 0 Å². The molecular formula is C22H17N5O4. The highest BCUT2D eigenvalue weighted by molar-refractivity contribution is 6.13. The largest absolute Gasteiger partial charge is 0.322 e. The van der Waals surface area contributed by atoms with E-state index in [2.05, 4.69) is 20.6 Å². The third-order valence-corrected chi connectivity index (χ3v) is 5.63. The second-order valence-electron chi connectivity index (χ2n) is 7.47. The standard InChI is InChI=1S/C22H17N5O4/c28-19-5-4-18(21(30)26-19)27-11-16-14(22(27)31)2-1-3-17(16)25-20(29)15-10-24-9-12-8-23-7-6-13(12)15/h1-3,6-10,18H,4-5,11H2,(H,25,29)(H,26,28,30). The van der Waals surface area contributed by atoms with Crippen LogP contribution in [0, 0.1) is 0 Å². The number of hydrogen-bond acceptors (Lipinski definition) is 6. The van der Waals surface area contributed by atoms with Crippen molar-refractivity contribution in [1.29, 1.82) is 0 Å². The van der Waals surface area contributed by atoms with Gasteiger partial charge in [0.05, 0.1) is 5.56 Å². The quantitative estimate of drug-likeness (QED) is 0.628. The van der Waals surface area contributed by atoms with Gasteiger partial charge in [-0.1, -0.05) is 6.07 Å². The number of imide groups is 1. The van der Waals surface area contributed by atoms with Gasteiger partial charge in [0.2, 0.25) is 11.8 Å². The molecule has 0 spiro atoms. The van der Waals surface area contributed by atoms with Gasteiger partial charge in [-0.05, 0) is 24.6 Å². The summed E-state index contributed by atoms with van der Waals surface area (Å²) in [7, 11) is 0. The predicted octanol–water partition coefficient (Wildman–Crippen LogP) is 1.64. The molecule has 0 radical (unpaired) electrons. The van der Waals surface area contributed by atoms with E-state index >= 15 is 0 Å². The number of aromatic nitrogens is 2. The van der Waals surface area contributed by atoms with E-state index in [0.717, 1.165) is 10.8 Å². The number of nitrogens with one attached hydrogen (secondary N) is 2. The van der Waals surface area contributed by atoms with Gasteiger partial charge in [-0.25, -0.2) is 0 Å². The van der Waals surface area contributed by atoms with Gasteiger partial charge >= 0.3 is 0 Å². The maximum atomic E-state index is 13.0. The number of piperidine rings is 1. The smallest absolute Gasteiger partial charge is 0.257 e. The van der Waals surface area contributed by atoms with Crippen molar-refractivity contribution in [2.24, 2.45) is 0 Å². The molecule has 9 nitrogen and oxygen atoms in total. The number of amides is 4. The molecular weight excluding hydrogens is 398 g/mol. The minimum Gasteiger partial charge on any atom is -0.322 e. The molecule has 2 aromatic heterocycles. The maximum absolute atomic E-state index is 13.0. The van der Waals surface area contributed by atoms with Crippen molar-refractivity contribution < 1.29 is 19.2 Å². The van der Waals surface area contributed by atoms with Gasteiger partial charge in [0.25, 0.3) is 11.8 Å². The number of pyridine rings is 2. The van der Waals surface area contributed by atoms with E-state index in [9.17, 15) is 19.2 Å². The minimum absolute atomic E-state index is 0.175. The summed E-state index contributed by atoms with van der Waals surface area (Å²) in [5, 5.41) is 6.63. The summed E-state index contributed by atoms with van der Waals surface area (Å²) in [6.07, 6.45) is 6.83. The Balaban J connectivity index is 1.44. The highest BCUT2D eigenvalue weighted by atomic mass is 16.2. The Morgan fingerprint density at radius 1 is 1.10 bits per heavy atom. The van der Waals surface area contributed by atoms with Crippen LogP contribution < -0.4 is 10.6 Å². The van der Waals surface area contributed by atoms with E-state index in [-0.39, 0.29) is 37.1 Å². The Kier molecular flexibility index (Phi) is 4.43. The van der Waals surface area contributed by atoms with E-state index < -0.39 is 11.9 Å². The maximum Gasteiger partial charge on any atom is 0.257 e. The van der Waals surface area contributed by atoms with Crippen LogP contribution in [0.5, 0.6) is 0 Å². The topological polar surface area (TPSA) is 121 Å². The first kappa shape index (κ1) is 18.9. The Labute approximate surface area is 176 Å². The Bertz CT molecular complexity index is 1270. The SMILES string of the molecule is O=C1CCC(N2Cc3c(NC(=O)c4cncc5cnccc45)cccc3C2=O)C(=O)N1. The molecule has 0 aliphatic carbocycles. The number of anilines is 1. The van der Waals surface area contributed by atoms with Crippen molar-refractivity contribution in [3.63, 3.8) is 0 Å². The molecule has 1 aromatic carbocycles. The lowest BCUT2D eigenvalue weighted by Crippen LogP contribution is -2.52. The van der Waals surface area contributed by atoms with Crippen molar-refractivity contribution in [3.05, 3.63) is 65.7 Å². The lowest BCUT2D eigenvalue weighted by atomic mass is 10.0. The summed E-state index contributed by atoms with van der Waals surface area (Å²) in [6.45, 7) is 0.175. The van der Waals surface area contributed by atoms with E-state index in [1.807, 2.05) is 0 Å². The number of nitrogens with zero attached hydrogens (tertiary/aromatic N) is 3.